The first-order valence-electron chi connectivity index (χ1n) is 7.53. The zero-order valence-electron chi connectivity index (χ0n) is 12.0. The summed E-state index contributed by atoms with van der Waals surface area (Å²) < 4.78 is 7.12. The minimum Gasteiger partial charge on any atom is -0.360 e. The number of carbonyl (C=O) groups excluding carboxylic acids is 1. The molecular formula is C15H18N4O2. The molecule has 1 atom stereocenters. The van der Waals surface area contributed by atoms with Crippen LogP contribution >= 0.6 is 0 Å². The number of aromatic nitrogens is 3. The third-order valence-electron chi connectivity index (χ3n) is 4.32. The molecular weight excluding hydrogens is 268 g/mol. The number of hydrogen-bond acceptors (Lipinski definition) is 4. The van der Waals surface area contributed by atoms with E-state index in [9.17, 15) is 4.79 Å². The van der Waals surface area contributed by atoms with Gasteiger partial charge in [0.1, 0.15) is 5.76 Å². The highest BCUT2D eigenvalue weighted by atomic mass is 16.5. The highest BCUT2D eigenvalue weighted by Crippen LogP contribution is 2.40. The topological polar surface area (TPSA) is 73.0 Å². The van der Waals surface area contributed by atoms with Crippen LogP contribution in [0.3, 0.4) is 0 Å². The van der Waals surface area contributed by atoms with Gasteiger partial charge in [0.15, 0.2) is 5.69 Å². The Hall–Kier alpha value is -2.11. The van der Waals surface area contributed by atoms with Gasteiger partial charge in [0.25, 0.3) is 5.91 Å². The average molecular weight is 286 g/mol. The lowest BCUT2D eigenvalue weighted by molar-refractivity contribution is 0.101. The molecule has 4 rings (SSSR count). The van der Waals surface area contributed by atoms with Crippen LogP contribution in [0.15, 0.2) is 23.0 Å². The predicted molar refractivity (Wildman–Crippen MR) is 76.1 cm³/mol. The molecule has 0 saturated heterocycles. The zero-order valence-corrected chi connectivity index (χ0v) is 12.0. The van der Waals surface area contributed by atoms with Gasteiger partial charge in [-0.1, -0.05) is 5.16 Å². The van der Waals surface area contributed by atoms with E-state index in [1.165, 1.54) is 12.8 Å². The fourth-order valence-corrected chi connectivity index (χ4v) is 2.57. The second-order valence-corrected chi connectivity index (χ2v) is 6.13. The van der Waals surface area contributed by atoms with E-state index in [1.54, 1.807) is 12.3 Å². The molecule has 2 aliphatic carbocycles. The second-order valence-electron chi connectivity index (χ2n) is 6.13. The molecule has 21 heavy (non-hydrogen) atoms. The normalized spacial score (nSPS) is 19.5. The first kappa shape index (κ1) is 12.6. The van der Waals surface area contributed by atoms with Gasteiger partial charge in [-0.3, -0.25) is 9.48 Å². The number of nitrogens with zero attached hydrogens (tertiary/aromatic N) is 3. The number of nitrogens with one attached hydrogen (secondary N) is 1. The van der Waals surface area contributed by atoms with Crippen molar-refractivity contribution < 1.29 is 9.32 Å². The number of carbonyl (C=O) groups is 1. The maximum Gasteiger partial charge on any atom is 0.277 e. The van der Waals surface area contributed by atoms with Crippen molar-refractivity contribution in [2.45, 2.75) is 44.6 Å². The molecule has 2 aromatic rings. The summed E-state index contributed by atoms with van der Waals surface area (Å²) in [5.41, 5.74) is 1.03. The molecule has 0 aromatic carbocycles. The molecule has 0 bridgehead atoms. The Balaban J connectivity index is 1.43. The first-order valence-corrected chi connectivity index (χ1v) is 7.53. The van der Waals surface area contributed by atoms with Gasteiger partial charge in [-0.25, -0.2) is 0 Å². The van der Waals surface area contributed by atoms with Crippen LogP contribution in [0.1, 0.15) is 60.8 Å². The van der Waals surface area contributed by atoms with Crippen molar-refractivity contribution in [2.75, 3.05) is 5.32 Å². The minimum atomic E-state index is -0.246. The van der Waals surface area contributed by atoms with E-state index in [2.05, 4.69) is 22.5 Å². The fraction of sp³-hybridized carbons (Fsp3) is 0.533. The van der Waals surface area contributed by atoms with Crippen LogP contribution in [0.2, 0.25) is 0 Å². The van der Waals surface area contributed by atoms with E-state index in [-0.39, 0.29) is 5.91 Å². The van der Waals surface area contributed by atoms with E-state index in [0.29, 0.717) is 23.3 Å². The average Bonchev–Trinajstić information content (AvgIpc) is 3.41. The molecule has 0 spiro atoms. The highest BCUT2D eigenvalue weighted by Gasteiger charge is 2.30. The number of anilines is 1. The van der Waals surface area contributed by atoms with Crippen molar-refractivity contribution in [2.24, 2.45) is 5.92 Å². The minimum absolute atomic E-state index is 0.246. The van der Waals surface area contributed by atoms with Crippen molar-refractivity contribution in [1.29, 1.82) is 0 Å². The molecule has 1 amide bonds. The molecule has 2 heterocycles. The Morgan fingerprint density at radius 3 is 2.95 bits per heavy atom. The summed E-state index contributed by atoms with van der Waals surface area (Å²) in [6.45, 7) is 2.16. The lowest BCUT2D eigenvalue weighted by Gasteiger charge is -2.09. The monoisotopic (exact) mass is 286 g/mol. The summed E-state index contributed by atoms with van der Waals surface area (Å²) in [7, 11) is 0. The van der Waals surface area contributed by atoms with Crippen LogP contribution in [-0.2, 0) is 0 Å². The van der Waals surface area contributed by atoms with Gasteiger partial charge in [0.2, 0.25) is 0 Å². The summed E-state index contributed by atoms with van der Waals surface area (Å²) in [6, 6.07) is 2.13. The van der Waals surface area contributed by atoms with E-state index in [0.717, 1.165) is 24.5 Å². The van der Waals surface area contributed by atoms with Gasteiger partial charge in [0.05, 0.1) is 17.9 Å². The Morgan fingerprint density at radius 1 is 1.43 bits per heavy atom. The maximum atomic E-state index is 12.1. The Morgan fingerprint density at radius 2 is 2.24 bits per heavy atom. The predicted octanol–water partition coefficient (Wildman–Crippen LogP) is 2.97. The summed E-state index contributed by atoms with van der Waals surface area (Å²) in [6.07, 6.45) is 8.35. The molecule has 1 unspecified atom stereocenters. The van der Waals surface area contributed by atoms with Crippen LogP contribution < -0.4 is 5.32 Å². The number of hydrogen-bond donors (Lipinski definition) is 1. The Bertz CT molecular complexity index is 667. The van der Waals surface area contributed by atoms with E-state index < -0.39 is 0 Å². The van der Waals surface area contributed by atoms with Gasteiger partial charge < -0.3 is 9.84 Å². The first-order chi connectivity index (χ1) is 10.2. The third kappa shape index (κ3) is 2.57. The Kier molecular flexibility index (Phi) is 2.83. The fourth-order valence-electron chi connectivity index (χ4n) is 2.57. The molecule has 2 aliphatic rings. The van der Waals surface area contributed by atoms with Crippen molar-refractivity contribution in [3.05, 3.63) is 29.9 Å². The zero-order chi connectivity index (χ0) is 14.4. The molecule has 6 nitrogen and oxygen atoms in total. The van der Waals surface area contributed by atoms with Crippen LogP contribution in [0.25, 0.3) is 0 Å². The maximum absolute atomic E-state index is 12.1. The van der Waals surface area contributed by atoms with Crippen molar-refractivity contribution >= 4 is 11.6 Å². The standard InChI is InChI=1S/C15H18N4O2/c1-9(10-2-3-10)19-8-12(7-16-19)17-15(20)13-6-14(21-18-13)11-4-5-11/h6-11H,2-5H2,1H3,(H,17,20). The molecule has 0 aliphatic heterocycles. The largest absolute Gasteiger partial charge is 0.360 e. The lowest BCUT2D eigenvalue weighted by Crippen LogP contribution is -2.12. The van der Waals surface area contributed by atoms with Crippen molar-refractivity contribution in [3.8, 4) is 0 Å². The second kappa shape index (κ2) is 4.72. The summed E-state index contributed by atoms with van der Waals surface area (Å²) in [5.74, 6) is 1.76. The highest BCUT2D eigenvalue weighted by molar-refractivity contribution is 6.02. The van der Waals surface area contributed by atoms with E-state index in [4.69, 9.17) is 4.52 Å². The molecule has 2 aromatic heterocycles. The van der Waals surface area contributed by atoms with Gasteiger partial charge in [-0.15, -0.1) is 0 Å². The Labute approximate surface area is 122 Å². The van der Waals surface area contributed by atoms with Crippen LogP contribution in [0.4, 0.5) is 5.69 Å². The molecule has 1 N–H and O–H groups in total. The number of rotatable bonds is 5. The van der Waals surface area contributed by atoms with Gasteiger partial charge in [0, 0.05) is 18.2 Å². The molecule has 2 fully saturated rings. The smallest absolute Gasteiger partial charge is 0.277 e. The molecule has 0 radical (unpaired) electrons. The summed E-state index contributed by atoms with van der Waals surface area (Å²) in [5, 5.41) is 11.0. The summed E-state index contributed by atoms with van der Waals surface area (Å²) >= 11 is 0. The van der Waals surface area contributed by atoms with E-state index >= 15 is 0 Å². The number of amides is 1. The van der Waals surface area contributed by atoms with Crippen LogP contribution in [-0.4, -0.2) is 20.8 Å². The van der Waals surface area contributed by atoms with E-state index in [1.807, 2.05) is 10.9 Å². The molecule has 110 valence electrons. The van der Waals surface area contributed by atoms with Crippen molar-refractivity contribution in [1.82, 2.24) is 14.9 Å². The third-order valence-corrected chi connectivity index (χ3v) is 4.32. The van der Waals surface area contributed by atoms with Gasteiger partial charge in [-0.2, -0.15) is 5.10 Å². The summed E-state index contributed by atoms with van der Waals surface area (Å²) in [4.78, 5) is 12.1. The van der Waals surface area contributed by atoms with Gasteiger partial charge in [-0.05, 0) is 38.5 Å². The van der Waals surface area contributed by atoms with Crippen LogP contribution in [0.5, 0.6) is 0 Å². The van der Waals surface area contributed by atoms with Gasteiger partial charge >= 0.3 is 0 Å². The molecule has 6 heteroatoms. The van der Waals surface area contributed by atoms with Crippen LogP contribution in [0, 0.1) is 5.92 Å². The van der Waals surface area contributed by atoms with Crippen molar-refractivity contribution in [3.63, 3.8) is 0 Å². The molecule has 2 saturated carbocycles. The quantitative estimate of drug-likeness (QED) is 0.917. The lowest BCUT2D eigenvalue weighted by atomic mass is 10.2. The SMILES string of the molecule is CC(C1CC1)n1cc(NC(=O)c2cc(C3CC3)on2)cn1.